The lowest BCUT2D eigenvalue weighted by Gasteiger charge is -2.09. The normalized spacial score (nSPS) is 10.4. The summed E-state index contributed by atoms with van der Waals surface area (Å²) in [7, 11) is 1.87. The van der Waals surface area contributed by atoms with Gasteiger partial charge in [0.25, 0.3) is 0 Å². The summed E-state index contributed by atoms with van der Waals surface area (Å²) >= 11 is 5.94. The highest BCUT2D eigenvalue weighted by Gasteiger charge is 2.02. The second kappa shape index (κ2) is 4.53. The zero-order chi connectivity index (χ0) is 11.5. The van der Waals surface area contributed by atoms with Crippen molar-refractivity contribution in [1.82, 2.24) is 15.0 Å². The zero-order valence-electron chi connectivity index (χ0n) is 9.24. The van der Waals surface area contributed by atoms with E-state index in [0.717, 1.165) is 16.4 Å². The van der Waals surface area contributed by atoms with Crippen LogP contribution in [-0.2, 0) is 13.6 Å². The molecule has 0 bridgehead atoms. The molecule has 0 amide bonds. The number of hydrogen-bond donors (Lipinski definition) is 1. The fourth-order valence-corrected chi connectivity index (χ4v) is 1.61. The lowest BCUT2D eigenvalue weighted by molar-refractivity contribution is 0.683. The first-order chi connectivity index (χ1) is 7.66. The first kappa shape index (κ1) is 11.0. The van der Waals surface area contributed by atoms with E-state index in [2.05, 4.69) is 15.6 Å². The molecule has 4 nitrogen and oxygen atoms in total. The number of rotatable bonds is 3. The molecule has 2 rings (SSSR count). The summed E-state index contributed by atoms with van der Waals surface area (Å²) in [5.74, 6) is 0. The zero-order valence-corrected chi connectivity index (χ0v) is 9.99. The van der Waals surface area contributed by atoms with Crippen LogP contribution in [0.25, 0.3) is 0 Å². The standard InChI is InChI=1S/C11H13ClN4/c1-8-3-4-9(12)5-11(8)13-6-10-7-14-15-16(10)2/h3-5,7,13H,6H2,1-2H3. The third kappa shape index (κ3) is 2.33. The summed E-state index contributed by atoms with van der Waals surface area (Å²) < 4.78 is 1.74. The van der Waals surface area contributed by atoms with Crippen molar-refractivity contribution in [2.24, 2.45) is 7.05 Å². The van der Waals surface area contributed by atoms with Gasteiger partial charge >= 0.3 is 0 Å². The average molecular weight is 237 g/mol. The van der Waals surface area contributed by atoms with E-state index >= 15 is 0 Å². The van der Waals surface area contributed by atoms with Gasteiger partial charge in [0.05, 0.1) is 18.4 Å². The predicted octanol–water partition coefficient (Wildman–Crippen LogP) is 2.39. The Morgan fingerprint density at radius 1 is 1.44 bits per heavy atom. The SMILES string of the molecule is Cc1ccc(Cl)cc1NCc1cnnn1C. The van der Waals surface area contributed by atoms with Gasteiger partial charge in [0.2, 0.25) is 0 Å². The number of nitrogens with zero attached hydrogens (tertiary/aromatic N) is 3. The second-order valence-electron chi connectivity index (χ2n) is 3.66. The van der Waals surface area contributed by atoms with Gasteiger partial charge in [-0.2, -0.15) is 0 Å². The minimum atomic E-state index is 0.685. The Kier molecular flexibility index (Phi) is 3.10. The van der Waals surface area contributed by atoms with Crippen LogP contribution in [0.15, 0.2) is 24.4 Å². The topological polar surface area (TPSA) is 42.7 Å². The Hall–Kier alpha value is -1.55. The van der Waals surface area contributed by atoms with E-state index in [1.54, 1.807) is 10.9 Å². The first-order valence-electron chi connectivity index (χ1n) is 5.00. The van der Waals surface area contributed by atoms with E-state index in [0.29, 0.717) is 6.54 Å². The van der Waals surface area contributed by atoms with E-state index in [4.69, 9.17) is 11.6 Å². The molecule has 0 aliphatic rings. The summed E-state index contributed by atoms with van der Waals surface area (Å²) in [6.07, 6.45) is 1.74. The van der Waals surface area contributed by atoms with Crippen molar-refractivity contribution in [2.45, 2.75) is 13.5 Å². The molecule has 1 N–H and O–H groups in total. The third-order valence-electron chi connectivity index (χ3n) is 2.47. The van der Waals surface area contributed by atoms with Crippen LogP contribution < -0.4 is 5.32 Å². The van der Waals surface area contributed by atoms with Crippen LogP contribution in [0.3, 0.4) is 0 Å². The van der Waals surface area contributed by atoms with Gasteiger partial charge in [0.15, 0.2) is 0 Å². The van der Waals surface area contributed by atoms with Crippen molar-refractivity contribution in [2.75, 3.05) is 5.32 Å². The molecule has 16 heavy (non-hydrogen) atoms. The van der Waals surface area contributed by atoms with Crippen molar-refractivity contribution in [3.05, 3.63) is 40.7 Å². The van der Waals surface area contributed by atoms with Crippen LogP contribution in [0.5, 0.6) is 0 Å². The summed E-state index contributed by atoms with van der Waals surface area (Å²) in [6, 6.07) is 5.79. The molecule has 0 saturated heterocycles. The number of nitrogens with one attached hydrogen (secondary N) is 1. The molecule has 0 saturated carbocycles. The van der Waals surface area contributed by atoms with Crippen molar-refractivity contribution in [3.63, 3.8) is 0 Å². The molecule has 1 heterocycles. The molecule has 0 aliphatic heterocycles. The molecule has 0 atom stereocenters. The van der Waals surface area contributed by atoms with Gasteiger partial charge in [-0.3, -0.25) is 4.68 Å². The van der Waals surface area contributed by atoms with Gasteiger partial charge in [0, 0.05) is 17.8 Å². The highest BCUT2D eigenvalue weighted by Crippen LogP contribution is 2.20. The van der Waals surface area contributed by atoms with E-state index < -0.39 is 0 Å². The van der Waals surface area contributed by atoms with Crippen LogP contribution in [0, 0.1) is 6.92 Å². The molecular formula is C11H13ClN4. The molecular weight excluding hydrogens is 224 g/mol. The van der Waals surface area contributed by atoms with Crippen LogP contribution in [-0.4, -0.2) is 15.0 Å². The fraction of sp³-hybridized carbons (Fsp3) is 0.273. The fourth-order valence-electron chi connectivity index (χ4n) is 1.44. The lowest BCUT2D eigenvalue weighted by atomic mass is 10.2. The number of hydrogen-bond acceptors (Lipinski definition) is 3. The predicted molar refractivity (Wildman–Crippen MR) is 64.5 cm³/mol. The van der Waals surface area contributed by atoms with Gasteiger partial charge in [0.1, 0.15) is 0 Å². The van der Waals surface area contributed by atoms with E-state index in [-0.39, 0.29) is 0 Å². The molecule has 0 spiro atoms. The maximum atomic E-state index is 5.94. The van der Waals surface area contributed by atoms with Gasteiger partial charge in [-0.25, -0.2) is 0 Å². The minimum Gasteiger partial charge on any atom is -0.379 e. The number of benzene rings is 1. The maximum Gasteiger partial charge on any atom is 0.0774 e. The van der Waals surface area contributed by atoms with Gasteiger partial charge in [-0.05, 0) is 24.6 Å². The Balaban J connectivity index is 2.10. The summed E-state index contributed by atoms with van der Waals surface area (Å²) in [5.41, 5.74) is 3.23. The van der Waals surface area contributed by atoms with Crippen LogP contribution >= 0.6 is 11.6 Å². The molecule has 0 aliphatic carbocycles. The lowest BCUT2D eigenvalue weighted by Crippen LogP contribution is -2.06. The van der Waals surface area contributed by atoms with Crippen molar-refractivity contribution < 1.29 is 0 Å². The van der Waals surface area contributed by atoms with Gasteiger partial charge in [-0.1, -0.05) is 22.9 Å². The summed E-state index contributed by atoms with van der Waals surface area (Å²) in [5, 5.41) is 11.7. The molecule has 0 unspecified atom stereocenters. The quantitative estimate of drug-likeness (QED) is 0.890. The molecule has 1 aromatic heterocycles. The van der Waals surface area contributed by atoms with E-state index in [9.17, 15) is 0 Å². The third-order valence-corrected chi connectivity index (χ3v) is 2.70. The molecule has 5 heteroatoms. The smallest absolute Gasteiger partial charge is 0.0774 e. The van der Waals surface area contributed by atoms with Crippen molar-refractivity contribution in [1.29, 1.82) is 0 Å². The minimum absolute atomic E-state index is 0.685. The van der Waals surface area contributed by atoms with Gasteiger partial charge in [-0.15, -0.1) is 5.10 Å². The number of aryl methyl sites for hydroxylation is 2. The summed E-state index contributed by atoms with van der Waals surface area (Å²) in [4.78, 5) is 0. The largest absolute Gasteiger partial charge is 0.379 e. The Morgan fingerprint density at radius 3 is 2.94 bits per heavy atom. The van der Waals surface area contributed by atoms with Gasteiger partial charge < -0.3 is 5.32 Å². The van der Waals surface area contributed by atoms with Crippen LogP contribution in [0.2, 0.25) is 5.02 Å². The second-order valence-corrected chi connectivity index (χ2v) is 4.10. The Morgan fingerprint density at radius 2 is 2.25 bits per heavy atom. The Bertz CT molecular complexity index is 492. The molecule has 84 valence electrons. The molecule has 0 fully saturated rings. The van der Waals surface area contributed by atoms with Crippen molar-refractivity contribution >= 4 is 17.3 Å². The van der Waals surface area contributed by atoms with E-state index in [1.807, 2.05) is 32.2 Å². The highest BCUT2D eigenvalue weighted by molar-refractivity contribution is 6.30. The monoisotopic (exact) mass is 236 g/mol. The molecule has 2 aromatic rings. The first-order valence-corrected chi connectivity index (χ1v) is 5.38. The van der Waals surface area contributed by atoms with E-state index in [1.165, 1.54) is 5.56 Å². The van der Waals surface area contributed by atoms with Crippen molar-refractivity contribution in [3.8, 4) is 0 Å². The Labute approximate surface area is 99.2 Å². The number of anilines is 1. The number of halogens is 1. The van der Waals surface area contributed by atoms with Crippen LogP contribution in [0.1, 0.15) is 11.3 Å². The molecule has 0 radical (unpaired) electrons. The summed E-state index contributed by atoms with van der Waals surface area (Å²) in [6.45, 7) is 2.73. The maximum absolute atomic E-state index is 5.94. The average Bonchev–Trinajstić information content (AvgIpc) is 2.66. The number of aromatic nitrogens is 3. The van der Waals surface area contributed by atoms with Crippen LogP contribution in [0.4, 0.5) is 5.69 Å². The highest BCUT2D eigenvalue weighted by atomic mass is 35.5. The molecule has 1 aromatic carbocycles.